The van der Waals surface area contributed by atoms with Crippen LogP contribution in [0.2, 0.25) is 0 Å². The van der Waals surface area contributed by atoms with E-state index in [4.69, 9.17) is 19.9 Å². The van der Waals surface area contributed by atoms with E-state index >= 15 is 0 Å². The third-order valence-corrected chi connectivity index (χ3v) is 9.94. The Morgan fingerprint density at radius 3 is 1.35 bits per heavy atom. The number of hydrogen-bond acceptors (Lipinski definition) is 5. The molecular weight excluding hydrogens is 617 g/mol. The van der Waals surface area contributed by atoms with Crippen molar-refractivity contribution in [2.24, 2.45) is 0 Å². The van der Waals surface area contributed by atoms with Gasteiger partial charge in [0.1, 0.15) is 0 Å². The van der Waals surface area contributed by atoms with E-state index in [-0.39, 0.29) is 0 Å². The fourth-order valence-electron chi connectivity index (χ4n) is 6.29. The lowest BCUT2D eigenvalue weighted by atomic mass is 10.0. The summed E-state index contributed by atoms with van der Waals surface area (Å²) >= 11 is 1.79. The molecule has 4 nitrogen and oxygen atoms in total. The van der Waals surface area contributed by atoms with E-state index in [0.717, 1.165) is 56.2 Å². The maximum Gasteiger partial charge on any atom is 0.160 e. The summed E-state index contributed by atoms with van der Waals surface area (Å²) < 4.78 is 2.39. The summed E-state index contributed by atoms with van der Waals surface area (Å²) in [7, 11) is 0. The second-order valence-electron chi connectivity index (χ2n) is 11.9. The third-order valence-electron chi connectivity index (χ3n) is 8.72. The molecule has 0 atom stereocenters. The highest BCUT2D eigenvalue weighted by Gasteiger charge is 2.17. The van der Waals surface area contributed by atoms with Crippen molar-refractivity contribution < 1.29 is 0 Å². The van der Waals surface area contributed by atoms with Crippen molar-refractivity contribution in [1.82, 2.24) is 19.9 Å². The van der Waals surface area contributed by atoms with E-state index in [2.05, 4.69) is 97.1 Å². The molecule has 49 heavy (non-hydrogen) atoms. The van der Waals surface area contributed by atoms with Crippen LogP contribution in [0.3, 0.4) is 0 Å². The van der Waals surface area contributed by atoms with Crippen LogP contribution in [0, 0.1) is 0 Å². The molecule has 6 aromatic carbocycles. The summed E-state index contributed by atoms with van der Waals surface area (Å²) in [5.74, 6) is 1.41. The molecule has 0 saturated heterocycles. The Morgan fingerprint density at radius 2 is 0.796 bits per heavy atom. The van der Waals surface area contributed by atoms with E-state index in [1.165, 1.54) is 20.2 Å². The summed E-state index contributed by atoms with van der Waals surface area (Å²) in [4.78, 5) is 20.3. The van der Waals surface area contributed by atoms with Gasteiger partial charge in [-0.1, -0.05) is 140 Å². The molecule has 9 rings (SSSR count). The average Bonchev–Trinajstić information content (AvgIpc) is 3.57. The Bertz CT molecular complexity index is 2470. The van der Waals surface area contributed by atoms with Gasteiger partial charge in [-0.15, -0.1) is 11.3 Å². The van der Waals surface area contributed by atoms with Crippen LogP contribution in [0.25, 0.3) is 88.0 Å². The highest BCUT2D eigenvalue weighted by Crippen LogP contribution is 2.42. The number of thiophene rings is 1. The predicted molar refractivity (Wildman–Crippen MR) is 203 cm³/mol. The summed E-state index contributed by atoms with van der Waals surface area (Å²) in [6.45, 7) is 0. The Labute approximate surface area is 288 Å². The zero-order chi connectivity index (χ0) is 32.6. The van der Waals surface area contributed by atoms with Gasteiger partial charge in [-0.25, -0.2) is 19.9 Å². The van der Waals surface area contributed by atoms with Crippen LogP contribution in [-0.4, -0.2) is 19.9 Å². The van der Waals surface area contributed by atoms with Crippen LogP contribution in [0.4, 0.5) is 0 Å². The maximum absolute atomic E-state index is 5.14. The molecule has 5 heteroatoms. The quantitative estimate of drug-likeness (QED) is 0.181. The Balaban J connectivity index is 1.20. The molecule has 3 heterocycles. The van der Waals surface area contributed by atoms with Gasteiger partial charge in [-0.3, -0.25) is 0 Å². The van der Waals surface area contributed by atoms with E-state index in [9.17, 15) is 0 Å². The zero-order valence-electron chi connectivity index (χ0n) is 26.4. The molecule has 0 spiro atoms. The van der Waals surface area contributed by atoms with Crippen LogP contribution < -0.4 is 0 Å². The highest BCUT2D eigenvalue weighted by atomic mass is 32.1. The first-order chi connectivity index (χ1) is 24.3. The molecular formula is C44H28N4S. The van der Waals surface area contributed by atoms with Crippen molar-refractivity contribution in [3.05, 3.63) is 170 Å². The van der Waals surface area contributed by atoms with Crippen LogP contribution in [0.5, 0.6) is 0 Å². The fourth-order valence-corrected chi connectivity index (χ4v) is 7.49. The SMILES string of the molecule is c1ccc(-c2cc(-c3ccccc3)nc(-c3ccc4sc5c(-c6cc(-c7ccccc7)nc(-c7ccccc7)n6)cccc5c4c3)n2)cc1. The van der Waals surface area contributed by atoms with Crippen molar-refractivity contribution >= 4 is 31.5 Å². The lowest BCUT2D eigenvalue weighted by molar-refractivity contribution is 1.18. The molecule has 0 N–H and O–H groups in total. The van der Waals surface area contributed by atoms with Crippen LogP contribution in [-0.2, 0) is 0 Å². The maximum atomic E-state index is 5.14. The van der Waals surface area contributed by atoms with Gasteiger partial charge in [0.15, 0.2) is 11.6 Å². The number of rotatable bonds is 6. The smallest absolute Gasteiger partial charge is 0.160 e. The van der Waals surface area contributed by atoms with Gasteiger partial charge >= 0.3 is 0 Å². The van der Waals surface area contributed by atoms with Gasteiger partial charge in [0, 0.05) is 53.6 Å². The Hall–Kier alpha value is -6.30. The van der Waals surface area contributed by atoms with Crippen molar-refractivity contribution in [1.29, 1.82) is 0 Å². The summed E-state index contributed by atoms with van der Waals surface area (Å²) in [6.07, 6.45) is 0. The average molecular weight is 645 g/mol. The fraction of sp³-hybridized carbons (Fsp3) is 0. The van der Waals surface area contributed by atoms with Crippen molar-refractivity contribution in [2.45, 2.75) is 0 Å². The lowest BCUT2D eigenvalue weighted by Gasteiger charge is -2.10. The van der Waals surface area contributed by atoms with Crippen molar-refractivity contribution in [3.63, 3.8) is 0 Å². The molecule has 3 aromatic heterocycles. The molecule has 230 valence electrons. The number of fused-ring (bicyclic) bond motifs is 3. The van der Waals surface area contributed by atoms with Crippen LogP contribution in [0.1, 0.15) is 0 Å². The minimum atomic E-state index is 0.702. The Morgan fingerprint density at radius 1 is 0.327 bits per heavy atom. The molecule has 0 radical (unpaired) electrons. The topological polar surface area (TPSA) is 51.6 Å². The minimum Gasteiger partial charge on any atom is -0.228 e. The standard InChI is InChI=1S/C44H28N4S/c1-5-14-29(15-6-1)37-27-38(30-16-7-2-8-17-30)47-44(46-37)33-24-25-41-36(26-33)34-22-13-23-35(42(34)49-41)40-28-39(31-18-9-3-10-19-31)45-43(48-40)32-20-11-4-12-21-32/h1-28H. The molecule has 0 bridgehead atoms. The molecule has 0 saturated carbocycles. The van der Waals surface area contributed by atoms with Crippen molar-refractivity contribution in [2.75, 3.05) is 0 Å². The number of aromatic nitrogens is 4. The zero-order valence-corrected chi connectivity index (χ0v) is 27.2. The van der Waals surface area contributed by atoms with E-state index in [1.54, 1.807) is 11.3 Å². The first-order valence-electron chi connectivity index (χ1n) is 16.2. The van der Waals surface area contributed by atoms with E-state index in [1.807, 2.05) is 72.8 Å². The lowest BCUT2D eigenvalue weighted by Crippen LogP contribution is -1.96. The van der Waals surface area contributed by atoms with Gasteiger partial charge in [-0.2, -0.15) is 0 Å². The van der Waals surface area contributed by atoms with Crippen molar-refractivity contribution in [3.8, 4) is 67.8 Å². The normalized spacial score (nSPS) is 11.3. The monoisotopic (exact) mass is 644 g/mol. The van der Waals surface area contributed by atoms with Gasteiger partial charge in [0.2, 0.25) is 0 Å². The Kier molecular flexibility index (Phi) is 7.30. The van der Waals surface area contributed by atoms with Gasteiger partial charge in [0.05, 0.1) is 22.8 Å². The molecule has 0 aliphatic carbocycles. The minimum absolute atomic E-state index is 0.702. The van der Waals surface area contributed by atoms with Gasteiger partial charge in [-0.05, 0) is 30.3 Å². The first-order valence-corrected chi connectivity index (χ1v) is 17.0. The predicted octanol–water partition coefficient (Wildman–Crippen LogP) is 11.6. The van der Waals surface area contributed by atoms with Gasteiger partial charge in [0.25, 0.3) is 0 Å². The van der Waals surface area contributed by atoms with E-state index in [0.29, 0.717) is 11.6 Å². The number of nitrogens with zero attached hydrogens (tertiary/aromatic N) is 4. The number of hydrogen-bond donors (Lipinski definition) is 0. The second kappa shape index (κ2) is 12.4. The summed E-state index contributed by atoms with van der Waals surface area (Å²) in [5, 5.41) is 2.36. The third kappa shape index (κ3) is 5.56. The highest BCUT2D eigenvalue weighted by molar-refractivity contribution is 7.26. The molecule has 0 aliphatic rings. The largest absolute Gasteiger partial charge is 0.228 e. The molecule has 0 amide bonds. The van der Waals surface area contributed by atoms with E-state index < -0.39 is 0 Å². The molecule has 0 unspecified atom stereocenters. The first kappa shape index (κ1) is 28.9. The van der Waals surface area contributed by atoms with Crippen LogP contribution >= 0.6 is 11.3 Å². The van der Waals surface area contributed by atoms with Gasteiger partial charge < -0.3 is 0 Å². The summed E-state index contributed by atoms with van der Waals surface area (Å²) in [5.41, 5.74) is 9.83. The molecule has 0 fully saturated rings. The molecule has 9 aromatic rings. The van der Waals surface area contributed by atoms with Crippen LogP contribution in [0.15, 0.2) is 170 Å². The summed E-state index contributed by atoms with van der Waals surface area (Å²) in [6, 6.07) is 58.4. The number of benzene rings is 6. The molecule has 0 aliphatic heterocycles. The second-order valence-corrected chi connectivity index (χ2v) is 12.9.